The Morgan fingerprint density at radius 1 is 1.50 bits per heavy atom. The van der Waals surface area contributed by atoms with E-state index in [0.717, 1.165) is 19.5 Å². The highest BCUT2D eigenvalue weighted by molar-refractivity contribution is 6.31. The molecule has 1 saturated heterocycles. The van der Waals surface area contributed by atoms with Gasteiger partial charge >= 0.3 is 0 Å². The molecule has 0 bridgehead atoms. The van der Waals surface area contributed by atoms with Crippen LogP contribution in [0.1, 0.15) is 12.0 Å². The smallest absolute Gasteiger partial charge is 0.129 e. The van der Waals surface area contributed by atoms with Gasteiger partial charge in [-0.3, -0.25) is 4.90 Å². The molecule has 1 aromatic carbocycles. The SMILES string of the molecule is Cl.N[C@H]1CCN(Cc2c(F)cccc2Cl)C1. The second-order valence-corrected chi connectivity index (χ2v) is 4.39. The van der Waals surface area contributed by atoms with Gasteiger partial charge in [-0.1, -0.05) is 17.7 Å². The topological polar surface area (TPSA) is 29.3 Å². The molecule has 90 valence electrons. The first kappa shape index (κ1) is 13.7. The summed E-state index contributed by atoms with van der Waals surface area (Å²) in [6.45, 7) is 2.30. The summed E-state index contributed by atoms with van der Waals surface area (Å²) in [6.07, 6.45) is 0.978. The minimum Gasteiger partial charge on any atom is -0.326 e. The minimum atomic E-state index is -0.233. The van der Waals surface area contributed by atoms with Crippen LogP contribution < -0.4 is 5.73 Å². The van der Waals surface area contributed by atoms with Crippen molar-refractivity contribution in [2.45, 2.75) is 19.0 Å². The Labute approximate surface area is 106 Å². The average Bonchev–Trinajstić information content (AvgIpc) is 2.58. The number of nitrogens with two attached hydrogens (primary N) is 1. The number of likely N-dealkylation sites (tertiary alicyclic amines) is 1. The van der Waals surface area contributed by atoms with Crippen LogP contribution in [0.4, 0.5) is 4.39 Å². The Morgan fingerprint density at radius 3 is 2.81 bits per heavy atom. The Bertz CT molecular complexity index is 340. The highest BCUT2D eigenvalue weighted by Crippen LogP contribution is 2.22. The summed E-state index contributed by atoms with van der Waals surface area (Å²) < 4.78 is 13.5. The van der Waals surface area contributed by atoms with E-state index in [2.05, 4.69) is 4.90 Å². The average molecular weight is 265 g/mol. The van der Waals surface area contributed by atoms with Crippen LogP contribution in [-0.2, 0) is 6.54 Å². The molecule has 1 aliphatic rings. The summed E-state index contributed by atoms with van der Waals surface area (Å²) in [5, 5.41) is 0.496. The van der Waals surface area contributed by atoms with E-state index in [1.807, 2.05) is 0 Å². The molecule has 0 spiro atoms. The third-order valence-corrected chi connectivity index (χ3v) is 3.11. The van der Waals surface area contributed by atoms with Gasteiger partial charge in [0.1, 0.15) is 5.82 Å². The molecule has 2 rings (SSSR count). The van der Waals surface area contributed by atoms with E-state index >= 15 is 0 Å². The number of benzene rings is 1. The van der Waals surface area contributed by atoms with Crippen LogP contribution in [0.2, 0.25) is 5.02 Å². The zero-order valence-corrected chi connectivity index (χ0v) is 10.4. The van der Waals surface area contributed by atoms with Crippen LogP contribution >= 0.6 is 24.0 Å². The molecule has 0 radical (unpaired) electrons. The molecule has 16 heavy (non-hydrogen) atoms. The van der Waals surface area contributed by atoms with Gasteiger partial charge in [-0.25, -0.2) is 4.39 Å². The highest BCUT2D eigenvalue weighted by Gasteiger charge is 2.20. The summed E-state index contributed by atoms with van der Waals surface area (Å²) in [7, 11) is 0. The van der Waals surface area contributed by atoms with E-state index in [0.29, 0.717) is 17.1 Å². The van der Waals surface area contributed by atoms with Gasteiger partial charge in [-0.2, -0.15) is 0 Å². The molecule has 0 aliphatic carbocycles. The predicted octanol–water partition coefficient (Wildman–Crippen LogP) is 2.43. The lowest BCUT2D eigenvalue weighted by atomic mass is 10.2. The van der Waals surface area contributed by atoms with Gasteiger partial charge in [0.05, 0.1) is 0 Å². The molecular weight excluding hydrogens is 250 g/mol. The van der Waals surface area contributed by atoms with Gasteiger partial charge in [0.15, 0.2) is 0 Å². The van der Waals surface area contributed by atoms with Crippen molar-refractivity contribution in [1.82, 2.24) is 4.90 Å². The van der Waals surface area contributed by atoms with Gasteiger partial charge < -0.3 is 5.73 Å². The van der Waals surface area contributed by atoms with Crippen molar-refractivity contribution in [3.05, 3.63) is 34.6 Å². The second kappa shape index (κ2) is 5.82. The van der Waals surface area contributed by atoms with Crippen molar-refractivity contribution >= 4 is 24.0 Å². The van der Waals surface area contributed by atoms with E-state index in [9.17, 15) is 4.39 Å². The van der Waals surface area contributed by atoms with Gasteiger partial charge in [-0.05, 0) is 18.6 Å². The Hall–Kier alpha value is -0.350. The number of rotatable bonds is 2. The van der Waals surface area contributed by atoms with Crippen molar-refractivity contribution in [3.63, 3.8) is 0 Å². The summed E-state index contributed by atoms with van der Waals surface area (Å²) in [5.41, 5.74) is 6.36. The van der Waals surface area contributed by atoms with Gasteiger partial charge in [0.25, 0.3) is 0 Å². The molecular formula is C11H15Cl2FN2. The fourth-order valence-electron chi connectivity index (χ4n) is 1.91. The van der Waals surface area contributed by atoms with Crippen molar-refractivity contribution < 1.29 is 4.39 Å². The molecule has 1 atom stereocenters. The predicted molar refractivity (Wildman–Crippen MR) is 66.5 cm³/mol. The largest absolute Gasteiger partial charge is 0.326 e. The van der Waals surface area contributed by atoms with E-state index in [1.54, 1.807) is 12.1 Å². The monoisotopic (exact) mass is 264 g/mol. The summed E-state index contributed by atoms with van der Waals surface area (Å²) in [4.78, 5) is 2.13. The van der Waals surface area contributed by atoms with Crippen LogP contribution in [0.25, 0.3) is 0 Å². The highest BCUT2D eigenvalue weighted by atomic mass is 35.5. The van der Waals surface area contributed by atoms with E-state index in [-0.39, 0.29) is 24.3 Å². The number of nitrogens with zero attached hydrogens (tertiary/aromatic N) is 1. The summed E-state index contributed by atoms with van der Waals surface area (Å²) >= 11 is 5.95. The number of hydrogen-bond donors (Lipinski definition) is 1. The maximum Gasteiger partial charge on any atom is 0.129 e. The van der Waals surface area contributed by atoms with Crippen molar-refractivity contribution in [1.29, 1.82) is 0 Å². The van der Waals surface area contributed by atoms with Crippen molar-refractivity contribution in [2.75, 3.05) is 13.1 Å². The van der Waals surface area contributed by atoms with Crippen LogP contribution in [0, 0.1) is 5.82 Å². The minimum absolute atomic E-state index is 0. The zero-order valence-electron chi connectivity index (χ0n) is 8.83. The van der Waals surface area contributed by atoms with Crippen molar-refractivity contribution in [3.8, 4) is 0 Å². The molecule has 5 heteroatoms. The zero-order chi connectivity index (χ0) is 10.8. The normalized spacial score (nSPS) is 20.8. The van der Waals surface area contributed by atoms with Gasteiger partial charge in [0.2, 0.25) is 0 Å². The van der Waals surface area contributed by atoms with Gasteiger partial charge in [0, 0.05) is 36.3 Å². The molecule has 2 N–H and O–H groups in total. The number of halogens is 3. The summed E-state index contributed by atoms with van der Waals surface area (Å²) in [5.74, 6) is -0.233. The molecule has 0 amide bonds. The first-order valence-corrected chi connectivity index (χ1v) is 5.45. The first-order valence-electron chi connectivity index (χ1n) is 5.07. The van der Waals surface area contributed by atoms with E-state index in [1.165, 1.54) is 6.07 Å². The molecule has 0 aromatic heterocycles. The van der Waals surface area contributed by atoms with Crippen LogP contribution in [0.15, 0.2) is 18.2 Å². The maximum atomic E-state index is 13.5. The lowest BCUT2D eigenvalue weighted by Crippen LogP contribution is -2.26. The third-order valence-electron chi connectivity index (χ3n) is 2.75. The molecule has 1 heterocycles. The second-order valence-electron chi connectivity index (χ2n) is 3.98. The Balaban J connectivity index is 0.00000128. The Kier molecular flexibility index (Phi) is 4.99. The fraction of sp³-hybridized carbons (Fsp3) is 0.455. The lowest BCUT2D eigenvalue weighted by Gasteiger charge is -2.16. The maximum absolute atomic E-state index is 13.5. The molecule has 1 aromatic rings. The van der Waals surface area contributed by atoms with Crippen LogP contribution in [0.5, 0.6) is 0 Å². The van der Waals surface area contributed by atoms with E-state index in [4.69, 9.17) is 17.3 Å². The van der Waals surface area contributed by atoms with Crippen LogP contribution in [0.3, 0.4) is 0 Å². The third kappa shape index (κ3) is 3.08. The molecule has 1 aliphatic heterocycles. The summed E-state index contributed by atoms with van der Waals surface area (Å²) in [6, 6.07) is 5.00. The molecule has 0 unspecified atom stereocenters. The first-order chi connectivity index (χ1) is 7.16. The van der Waals surface area contributed by atoms with Crippen molar-refractivity contribution in [2.24, 2.45) is 5.73 Å². The molecule has 1 fully saturated rings. The lowest BCUT2D eigenvalue weighted by molar-refractivity contribution is 0.321. The quantitative estimate of drug-likeness (QED) is 0.889. The fourth-order valence-corrected chi connectivity index (χ4v) is 2.14. The number of hydrogen-bond acceptors (Lipinski definition) is 2. The Morgan fingerprint density at radius 2 is 2.25 bits per heavy atom. The van der Waals surface area contributed by atoms with Crippen LogP contribution in [-0.4, -0.2) is 24.0 Å². The van der Waals surface area contributed by atoms with E-state index < -0.39 is 0 Å². The molecule has 2 nitrogen and oxygen atoms in total. The molecule has 0 saturated carbocycles. The van der Waals surface area contributed by atoms with Gasteiger partial charge in [-0.15, -0.1) is 12.4 Å². The standard InChI is InChI=1S/C11H14ClFN2.ClH/c12-10-2-1-3-11(13)9(10)7-15-5-4-8(14)6-15;/h1-3,8H,4-7,14H2;1H/t8-;/m0./s1.